The molecule has 2 nitrogen and oxygen atoms in total. The molecule has 0 N–H and O–H groups in total. The van der Waals surface area contributed by atoms with Crippen molar-refractivity contribution in [2.24, 2.45) is 0 Å². The molecule has 0 aliphatic rings. The minimum Gasteiger partial charge on any atom is -0.341 e. The SMILES string of the molecule is Cc1ccc(C(=O)N(C)CCCl)cc1Br. The maximum absolute atomic E-state index is 11.8. The van der Waals surface area contributed by atoms with Crippen molar-refractivity contribution in [1.82, 2.24) is 4.90 Å². The Morgan fingerprint density at radius 1 is 1.53 bits per heavy atom. The highest BCUT2D eigenvalue weighted by Crippen LogP contribution is 2.18. The van der Waals surface area contributed by atoms with Crippen LogP contribution in [0.15, 0.2) is 22.7 Å². The van der Waals surface area contributed by atoms with Gasteiger partial charge in [0.25, 0.3) is 5.91 Å². The molecule has 0 saturated heterocycles. The Labute approximate surface area is 103 Å². The Morgan fingerprint density at radius 3 is 2.73 bits per heavy atom. The molecule has 0 unspecified atom stereocenters. The molecule has 0 aromatic heterocycles. The molecular formula is C11H13BrClNO. The standard InChI is InChI=1S/C11H13BrClNO/c1-8-3-4-9(7-10(8)12)11(15)14(2)6-5-13/h3-4,7H,5-6H2,1-2H3. The molecule has 0 heterocycles. The van der Waals surface area contributed by atoms with Crippen molar-refractivity contribution in [3.8, 4) is 0 Å². The van der Waals surface area contributed by atoms with Crippen LogP contribution in [0.5, 0.6) is 0 Å². The van der Waals surface area contributed by atoms with E-state index in [-0.39, 0.29) is 5.91 Å². The summed E-state index contributed by atoms with van der Waals surface area (Å²) >= 11 is 8.99. The van der Waals surface area contributed by atoms with Gasteiger partial charge in [0.05, 0.1) is 0 Å². The minimum absolute atomic E-state index is 0.00338. The number of aryl methyl sites for hydroxylation is 1. The summed E-state index contributed by atoms with van der Waals surface area (Å²) < 4.78 is 0.952. The number of amides is 1. The van der Waals surface area contributed by atoms with Gasteiger partial charge >= 0.3 is 0 Å². The second-order valence-electron chi connectivity index (χ2n) is 3.38. The number of rotatable bonds is 3. The van der Waals surface area contributed by atoms with E-state index in [1.807, 2.05) is 25.1 Å². The van der Waals surface area contributed by atoms with Crippen molar-refractivity contribution in [3.05, 3.63) is 33.8 Å². The van der Waals surface area contributed by atoms with Gasteiger partial charge in [-0.15, -0.1) is 11.6 Å². The molecule has 1 amide bonds. The Morgan fingerprint density at radius 2 is 2.20 bits per heavy atom. The number of carbonyl (C=O) groups excluding carboxylic acids is 1. The van der Waals surface area contributed by atoms with Crippen LogP contribution < -0.4 is 0 Å². The average molecular weight is 291 g/mol. The zero-order valence-corrected chi connectivity index (χ0v) is 11.1. The van der Waals surface area contributed by atoms with E-state index in [0.717, 1.165) is 10.0 Å². The molecular weight excluding hydrogens is 277 g/mol. The third-order valence-corrected chi connectivity index (χ3v) is 3.21. The predicted octanol–water partition coefficient (Wildman–Crippen LogP) is 3.07. The van der Waals surface area contributed by atoms with Crippen LogP contribution in [0.3, 0.4) is 0 Å². The van der Waals surface area contributed by atoms with Crippen molar-refractivity contribution in [1.29, 1.82) is 0 Å². The lowest BCUT2D eigenvalue weighted by molar-refractivity contribution is 0.0803. The second-order valence-corrected chi connectivity index (χ2v) is 4.61. The van der Waals surface area contributed by atoms with Gasteiger partial charge in [0.2, 0.25) is 0 Å². The van der Waals surface area contributed by atoms with E-state index in [0.29, 0.717) is 18.0 Å². The van der Waals surface area contributed by atoms with Gasteiger partial charge in [0.15, 0.2) is 0 Å². The molecule has 0 radical (unpaired) electrons. The summed E-state index contributed by atoms with van der Waals surface area (Å²) in [4.78, 5) is 13.5. The molecule has 4 heteroatoms. The normalized spacial score (nSPS) is 10.1. The van der Waals surface area contributed by atoms with Gasteiger partial charge in [-0.25, -0.2) is 0 Å². The van der Waals surface area contributed by atoms with Crippen molar-refractivity contribution in [2.45, 2.75) is 6.92 Å². The number of carbonyl (C=O) groups is 1. The molecule has 0 spiro atoms. The largest absolute Gasteiger partial charge is 0.341 e. The fourth-order valence-corrected chi connectivity index (χ4v) is 1.81. The van der Waals surface area contributed by atoms with E-state index in [2.05, 4.69) is 15.9 Å². The lowest BCUT2D eigenvalue weighted by Crippen LogP contribution is -2.28. The summed E-state index contributed by atoms with van der Waals surface area (Å²) in [5.74, 6) is 0.450. The molecule has 1 aromatic rings. The Hall–Kier alpha value is -0.540. The first kappa shape index (κ1) is 12.5. The van der Waals surface area contributed by atoms with Gasteiger partial charge in [-0.05, 0) is 24.6 Å². The van der Waals surface area contributed by atoms with Crippen molar-refractivity contribution < 1.29 is 4.79 Å². The van der Waals surface area contributed by atoms with Crippen LogP contribution in [-0.4, -0.2) is 30.3 Å². The molecule has 82 valence electrons. The maximum atomic E-state index is 11.8. The Bertz CT molecular complexity index is 368. The molecule has 15 heavy (non-hydrogen) atoms. The number of alkyl halides is 1. The third-order valence-electron chi connectivity index (χ3n) is 2.19. The molecule has 1 rings (SSSR count). The zero-order chi connectivity index (χ0) is 11.4. The Kier molecular flexibility index (Phi) is 4.61. The van der Waals surface area contributed by atoms with E-state index in [1.54, 1.807) is 11.9 Å². The van der Waals surface area contributed by atoms with Gasteiger partial charge < -0.3 is 4.90 Å². The summed E-state index contributed by atoms with van der Waals surface area (Å²) in [5, 5.41) is 0. The molecule has 0 aliphatic heterocycles. The summed E-state index contributed by atoms with van der Waals surface area (Å²) in [5.41, 5.74) is 1.80. The van der Waals surface area contributed by atoms with Crippen LogP contribution >= 0.6 is 27.5 Å². The van der Waals surface area contributed by atoms with Gasteiger partial charge in [0, 0.05) is 29.5 Å². The molecule has 0 aliphatic carbocycles. The molecule has 0 fully saturated rings. The number of halogens is 2. The van der Waals surface area contributed by atoms with E-state index in [4.69, 9.17) is 11.6 Å². The lowest BCUT2D eigenvalue weighted by Gasteiger charge is -2.15. The summed E-state index contributed by atoms with van der Waals surface area (Å²) in [7, 11) is 1.75. The highest BCUT2D eigenvalue weighted by atomic mass is 79.9. The fourth-order valence-electron chi connectivity index (χ4n) is 1.17. The maximum Gasteiger partial charge on any atom is 0.253 e. The number of benzene rings is 1. The van der Waals surface area contributed by atoms with Crippen LogP contribution in [0, 0.1) is 6.92 Å². The molecule has 0 saturated carbocycles. The minimum atomic E-state index is -0.00338. The van der Waals surface area contributed by atoms with Crippen LogP contribution in [-0.2, 0) is 0 Å². The average Bonchev–Trinajstić information content (AvgIpc) is 2.21. The highest BCUT2D eigenvalue weighted by molar-refractivity contribution is 9.10. The lowest BCUT2D eigenvalue weighted by atomic mass is 10.1. The van der Waals surface area contributed by atoms with Crippen LogP contribution in [0.25, 0.3) is 0 Å². The van der Waals surface area contributed by atoms with E-state index >= 15 is 0 Å². The van der Waals surface area contributed by atoms with Crippen molar-refractivity contribution in [2.75, 3.05) is 19.5 Å². The van der Waals surface area contributed by atoms with Crippen LogP contribution in [0.1, 0.15) is 15.9 Å². The van der Waals surface area contributed by atoms with Crippen LogP contribution in [0.2, 0.25) is 0 Å². The molecule has 1 aromatic carbocycles. The van der Waals surface area contributed by atoms with E-state index < -0.39 is 0 Å². The first-order valence-corrected chi connectivity index (χ1v) is 5.96. The number of hydrogen-bond donors (Lipinski definition) is 0. The number of nitrogens with zero attached hydrogens (tertiary/aromatic N) is 1. The molecule has 0 atom stereocenters. The summed E-state index contributed by atoms with van der Waals surface area (Å²) in [6, 6.07) is 5.58. The first-order chi connectivity index (χ1) is 7.06. The summed E-state index contributed by atoms with van der Waals surface area (Å²) in [6.07, 6.45) is 0. The first-order valence-electron chi connectivity index (χ1n) is 4.64. The predicted molar refractivity (Wildman–Crippen MR) is 66.6 cm³/mol. The topological polar surface area (TPSA) is 20.3 Å². The van der Waals surface area contributed by atoms with Gasteiger partial charge in [-0.1, -0.05) is 22.0 Å². The highest BCUT2D eigenvalue weighted by Gasteiger charge is 2.11. The van der Waals surface area contributed by atoms with E-state index in [9.17, 15) is 4.79 Å². The van der Waals surface area contributed by atoms with Crippen LogP contribution in [0.4, 0.5) is 0 Å². The van der Waals surface area contributed by atoms with Crippen molar-refractivity contribution in [3.63, 3.8) is 0 Å². The molecule has 0 bridgehead atoms. The second kappa shape index (κ2) is 5.52. The Balaban J connectivity index is 2.87. The van der Waals surface area contributed by atoms with Crippen molar-refractivity contribution >= 4 is 33.4 Å². The van der Waals surface area contributed by atoms with Gasteiger partial charge in [0.1, 0.15) is 0 Å². The monoisotopic (exact) mass is 289 g/mol. The van der Waals surface area contributed by atoms with Gasteiger partial charge in [-0.3, -0.25) is 4.79 Å². The van der Waals surface area contributed by atoms with Gasteiger partial charge in [-0.2, -0.15) is 0 Å². The summed E-state index contributed by atoms with van der Waals surface area (Å²) in [6.45, 7) is 2.55. The zero-order valence-electron chi connectivity index (χ0n) is 8.76. The number of hydrogen-bond acceptors (Lipinski definition) is 1. The third kappa shape index (κ3) is 3.21. The van der Waals surface area contributed by atoms with E-state index in [1.165, 1.54) is 0 Å². The quantitative estimate of drug-likeness (QED) is 0.784. The smallest absolute Gasteiger partial charge is 0.253 e. The fraction of sp³-hybridized carbons (Fsp3) is 0.364.